The van der Waals surface area contributed by atoms with Gasteiger partial charge in [-0.2, -0.15) is 0 Å². The lowest BCUT2D eigenvalue weighted by Gasteiger charge is -2.17. The maximum absolute atomic E-state index is 6.17. The van der Waals surface area contributed by atoms with Crippen LogP contribution in [-0.4, -0.2) is 6.54 Å². The third-order valence-electron chi connectivity index (χ3n) is 3.60. The van der Waals surface area contributed by atoms with Crippen molar-refractivity contribution < 1.29 is 0 Å². The Morgan fingerprint density at radius 3 is 2.06 bits per heavy atom. The highest BCUT2D eigenvalue weighted by Gasteiger charge is 2.10. The lowest BCUT2D eigenvalue weighted by Crippen LogP contribution is -2.19. The summed E-state index contributed by atoms with van der Waals surface area (Å²) in [5.74, 6) is 1.11. The molecule has 2 nitrogen and oxygen atoms in total. The van der Waals surface area contributed by atoms with Crippen LogP contribution in [0.3, 0.4) is 0 Å². The van der Waals surface area contributed by atoms with Gasteiger partial charge in [0.1, 0.15) is 0 Å². The molecule has 1 aromatic carbocycles. The smallest absolute Gasteiger partial charge is 0.0297 e. The summed E-state index contributed by atoms with van der Waals surface area (Å²) in [6, 6.07) is 8.84. The van der Waals surface area contributed by atoms with Gasteiger partial charge in [0.05, 0.1) is 0 Å². The van der Waals surface area contributed by atoms with Crippen LogP contribution >= 0.6 is 0 Å². The minimum Gasteiger partial charge on any atom is -0.330 e. The van der Waals surface area contributed by atoms with E-state index in [0.29, 0.717) is 18.4 Å². The highest BCUT2D eigenvalue weighted by Crippen LogP contribution is 2.23. The van der Waals surface area contributed by atoms with Gasteiger partial charge in [0.25, 0.3) is 0 Å². The second-order valence-electron chi connectivity index (χ2n) is 5.16. The van der Waals surface area contributed by atoms with Crippen LogP contribution in [-0.2, 0) is 0 Å². The Balaban J connectivity index is 2.66. The Morgan fingerprint density at radius 1 is 1.06 bits per heavy atom. The molecule has 3 unspecified atom stereocenters. The summed E-state index contributed by atoms with van der Waals surface area (Å²) in [5, 5.41) is 0. The van der Waals surface area contributed by atoms with E-state index >= 15 is 0 Å². The predicted molar refractivity (Wildman–Crippen MR) is 74.9 cm³/mol. The van der Waals surface area contributed by atoms with Crippen LogP contribution in [0.5, 0.6) is 0 Å². The molecule has 0 heterocycles. The normalized spacial score (nSPS) is 16.5. The summed E-state index contributed by atoms with van der Waals surface area (Å²) in [6.07, 6.45) is 2.13. The first-order chi connectivity index (χ1) is 8.08. The summed E-state index contributed by atoms with van der Waals surface area (Å²) in [7, 11) is 0. The standard InChI is InChI=1S/C15H26N2/c1-4-12(3)13-5-7-14(8-6-13)15(17)9-11(2)10-16/h5-8,11-12,15H,4,9-10,16-17H2,1-3H3. The molecule has 3 atom stereocenters. The van der Waals surface area contributed by atoms with Crippen molar-refractivity contribution in [1.29, 1.82) is 0 Å². The molecular weight excluding hydrogens is 208 g/mol. The Hall–Kier alpha value is -0.860. The van der Waals surface area contributed by atoms with Crippen molar-refractivity contribution in [2.75, 3.05) is 6.54 Å². The Kier molecular flexibility index (Phi) is 5.66. The van der Waals surface area contributed by atoms with Gasteiger partial charge >= 0.3 is 0 Å². The van der Waals surface area contributed by atoms with Crippen LogP contribution in [0.4, 0.5) is 0 Å². The fourth-order valence-electron chi connectivity index (χ4n) is 1.97. The molecule has 96 valence electrons. The largest absolute Gasteiger partial charge is 0.330 e. The average molecular weight is 234 g/mol. The maximum Gasteiger partial charge on any atom is 0.0297 e. The van der Waals surface area contributed by atoms with Crippen LogP contribution in [0.15, 0.2) is 24.3 Å². The molecule has 0 aliphatic carbocycles. The second kappa shape index (κ2) is 6.77. The van der Waals surface area contributed by atoms with Crippen LogP contribution in [0.25, 0.3) is 0 Å². The van der Waals surface area contributed by atoms with E-state index in [2.05, 4.69) is 45.0 Å². The summed E-state index contributed by atoms with van der Waals surface area (Å²) in [4.78, 5) is 0. The predicted octanol–water partition coefficient (Wildman–Crippen LogP) is 3.18. The topological polar surface area (TPSA) is 52.0 Å². The fourth-order valence-corrected chi connectivity index (χ4v) is 1.97. The molecular formula is C15H26N2. The van der Waals surface area contributed by atoms with E-state index < -0.39 is 0 Å². The molecule has 0 amide bonds. The number of benzene rings is 1. The molecule has 0 aliphatic heterocycles. The first-order valence-corrected chi connectivity index (χ1v) is 6.64. The monoisotopic (exact) mass is 234 g/mol. The average Bonchev–Trinajstić information content (AvgIpc) is 2.37. The number of hydrogen-bond acceptors (Lipinski definition) is 2. The summed E-state index contributed by atoms with van der Waals surface area (Å²) in [5.41, 5.74) is 14.4. The van der Waals surface area contributed by atoms with Crippen molar-refractivity contribution in [1.82, 2.24) is 0 Å². The molecule has 0 radical (unpaired) electrons. The molecule has 0 aromatic heterocycles. The summed E-state index contributed by atoms with van der Waals surface area (Å²) in [6.45, 7) is 7.32. The maximum atomic E-state index is 6.17. The zero-order chi connectivity index (χ0) is 12.8. The van der Waals surface area contributed by atoms with Gasteiger partial charge in [-0.15, -0.1) is 0 Å². The van der Waals surface area contributed by atoms with E-state index in [0.717, 1.165) is 6.42 Å². The Labute approximate surface area is 105 Å². The van der Waals surface area contributed by atoms with Crippen LogP contribution < -0.4 is 11.5 Å². The third kappa shape index (κ3) is 4.14. The molecule has 4 N–H and O–H groups in total. The van der Waals surface area contributed by atoms with E-state index in [9.17, 15) is 0 Å². The van der Waals surface area contributed by atoms with Gasteiger partial charge in [0.2, 0.25) is 0 Å². The highest BCUT2D eigenvalue weighted by molar-refractivity contribution is 5.27. The molecule has 0 saturated heterocycles. The van der Waals surface area contributed by atoms with Gasteiger partial charge < -0.3 is 11.5 Å². The molecule has 2 heteroatoms. The molecule has 1 aromatic rings. The molecule has 0 bridgehead atoms. The zero-order valence-electron chi connectivity index (χ0n) is 11.3. The minimum atomic E-state index is 0.111. The lowest BCUT2D eigenvalue weighted by atomic mass is 9.93. The van der Waals surface area contributed by atoms with Gasteiger partial charge in [-0.25, -0.2) is 0 Å². The van der Waals surface area contributed by atoms with E-state index in [4.69, 9.17) is 11.5 Å². The van der Waals surface area contributed by atoms with E-state index in [-0.39, 0.29) is 6.04 Å². The second-order valence-corrected chi connectivity index (χ2v) is 5.16. The minimum absolute atomic E-state index is 0.111. The molecule has 0 spiro atoms. The zero-order valence-corrected chi connectivity index (χ0v) is 11.3. The molecule has 0 saturated carbocycles. The van der Waals surface area contributed by atoms with Crippen molar-refractivity contribution in [2.45, 2.75) is 45.6 Å². The van der Waals surface area contributed by atoms with Crippen molar-refractivity contribution in [2.24, 2.45) is 17.4 Å². The number of nitrogens with two attached hydrogens (primary N) is 2. The van der Waals surface area contributed by atoms with Gasteiger partial charge in [-0.05, 0) is 42.3 Å². The van der Waals surface area contributed by atoms with Gasteiger partial charge in [0.15, 0.2) is 0 Å². The van der Waals surface area contributed by atoms with Gasteiger partial charge in [0, 0.05) is 6.04 Å². The van der Waals surface area contributed by atoms with Crippen molar-refractivity contribution in [3.8, 4) is 0 Å². The third-order valence-corrected chi connectivity index (χ3v) is 3.60. The summed E-state index contributed by atoms with van der Waals surface area (Å²) >= 11 is 0. The van der Waals surface area contributed by atoms with Gasteiger partial charge in [-0.3, -0.25) is 0 Å². The van der Waals surface area contributed by atoms with Crippen molar-refractivity contribution in [3.63, 3.8) is 0 Å². The van der Waals surface area contributed by atoms with Crippen LogP contribution in [0.2, 0.25) is 0 Å². The van der Waals surface area contributed by atoms with E-state index in [1.54, 1.807) is 0 Å². The first-order valence-electron chi connectivity index (χ1n) is 6.64. The SMILES string of the molecule is CCC(C)c1ccc(C(N)CC(C)CN)cc1. The number of hydrogen-bond donors (Lipinski definition) is 2. The van der Waals surface area contributed by atoms with Crippen molar-refractivity contribution in [3.05, 3.63) is 35.4 Å². The van der Waals surface area contributed by atoms with Crippen LogP contribution in [0.1, 0.15) is 56.7 Å². The Bertz CT molecular complexity index is 318. The van der Waals surface area contributed by atoms with Crippen molar-refractivity contribution >= 4 is 0 Å². The first kappa shape index (κ1) is 14.2. The van der Waals surface area contributed by atoms with E-state index in [1.807, 2.05) is 0 Å². The number of rotatable bonds is 6. The quantitative estimate of drug-likeness (QED) is 0.794. The highest BCUT2D eigenvalue weighted by atomic mass is 14.6. The van der Waals surface area contributed by atoms with Gasteiger partial charge in [-0.1, -0.05) is 45.0 Å². The molecule has 1 rings (SSSR count). The van der Waals surface area contributed by atoms with Crippen LogP contribution in [0, 0.1) is 5.92 Å². The Morgan fingerprint density at radius 2 is 1.59 bits per heavy atom. The molecule has 17 heavy (non-hydrogen) atoms. The lowest BCUT2D eigenvalue weighted by molar-refractivity contribution is 0.482. The molecule has 0 aliphatic rings. The summed E-state index contributed by atoms with van der Waals surface area (Å²) < 4.78 is 0. The molecule has 0 fully saturated rings. The fraction of sp³-hybridized carbons (Fsp3) is 0.600. The van der Waals surface area contributed by atoms with E-state index in [1.165, 1.54) is 17.5 Å².